The standard InChI is InChI=1S/C16H22ClFN2/c1-12-10-19-5-3-2-4-15(19)11-20(12)16-7-13(9-17)6-14(18)8-16/h6-8,12,15H,2-5,9-11H2,1H3. The zero-order valence-electron chi connectivity index (χ0n) is 12.0. The third-order valence-electron chi connectivity index (χ3n) is 4.62. The highest BCUT2D eigenvalue weighted by molar-refractivity contribution is 6.17. The van der Waals surface area contributed by atoms with Gasteiger partial charge in [-0.2, -0.15) is 0 Å². The Kier molecular flexibility index (Phi) is 4.18. The lowest BCUT2D eigenvalue weighted by molar-refractivity contribution is 0.115. The van der Waals surface area contributed by atoms with Gasteiger partial charge in [0.2, 0.25) is 0 Å². The van der Waals surface area contributed by atoms with Crippen molar-refractivity contribution >= 4 is 17.3 Å². The van der Waals surface area contributed by atoms with E-state index in [4.69, 9.17) is 11.6 Å². The zero-order chi connectivity index (χ0) is 14.1. The van der Waals surface area contributed by atoms with Crippen molar-refractivity contribution in [1.82, 2.24) is 4.90 Å². The molecule has 3 rings (SSSR count). The summed E-state index contributed by atoms with van der Waals surface area (Å²) in [4.78, 5) is 4.96. The number of halogens is 2. The van der Waals surface area contributed by atoms with Crippen LogP contribution in [-0.2, 0) is 5.88 Å². The van der Waals surface area contributed by atoms with Gasteiger partial charge >= 0.3 is 0 Å². The fourth-order valence-corrected chi connectivity index (χ4v) is 3.74. The Morgan fingerprint density at radius 3 is 2.90 bits per heavy atom. The number of nitrogens with zero attached hydrogens (tertiary/aromatic N) is 2. The van der Waals surface area contributed by atoms with Gasteiger partial charge in [-0.3, -0.25) is 4.90 Å². The van der Waals surface area contributed by atoms with Crippen molar-refractivity contribution in [3.8, 4) is 0 Å². The van der Waals surface area contributed by atoms with E-state index in [2.05, 4.69) is 16.7 Å². The number of piperazine rings is 1. The van der Waals surface area contributed by atoms with Crippen molar-refractivity contribution in [2.75, 3.05) is 24.5 Å². The molecule has 2 atom stereocenters. The van der Waals surface area contributed by atoms with Crippen LogP contribution < -0.4 is 4.90 Å². The first kappa shape index (κ1) is 14.2. The maximum atomic E-state index is 13.7. The van der Waals surface area contributed by atoms with Crippen LogP contribution in [-0.4, -0.2) is 36.6 Å². The first-order valence-electron chi connectivity index (χ1n) is 7.53. The number of fused-ring (bicyclic) bond motifs is 1. The predicted molar refractivity (Wildman–Crippen MR) is 82.0 cm³/mol. The average Bonchev–Trinajstić information content (AvgIpc) is 2.45. The molecule has 2 nitrogen and oxygen atoms in total. The molecule has 2 saturated heterocycles. The molecule has 0 amide bonds. The molecular formula is C16H22ClFN2. The van der Waals surface area contributed by atoms with Gasteiger partial charge in [0.1, 0.15) is 5.82 Å². The molecule has 0 spiro atoms. The molecule has 4 heteroatoms. The van der Waals surface area contributed by atoms with E-state index in [1.807, 2.05) is 6.07 Å². The Bertz CT molecular complexity index is 480. The minimum Gasteiger partial charge on any atom is -0.366 e. The van der Waals surface area contributed by atoms with Gasteiger partial charge in [-0.25, -0.2) is 4.39 Å². The van der Waals surface area contributed by atoms with Crippen LogP contribution in [0.1, 0.15) is 31.7 Å². The molecule has 0 radical (unpaired) electrons. The Morgan fingerprint density at radius 2 is 2.10 bits per heavy atom. The van der Waals surface area contributed by atoms with Crippen LogP contribution >= 0.6 is 11.6 Å². The van der Waals surface area contributed by atoms with E-state index < -0.39 is 0 Å². The summed E-state index contributed by atoms with van der Waals surface area (Å²) < 4.78 is 13.7. The van der Waals surface area contributed by atoms with Gasteiger partial charge in [0.25, 0.3) is 0 Å². The summed E-state index contributed by atoms with van der Waals surface area (Å²) in [6.45, 7) is 5.54. The highest BCUT2D eigenvalue weighted by Gasteiger charge is 2.33. The molecule has 2 aliphatic heterocycles. The summed E-state index contributed by atoms with van der Waals surface area (Å²) in [6, 6.07) is 6.26. The minimum atomic E-state index is -0.184. The number of benzene rings is 1. The molecule has 2 fully saturated rings. The van der Waals surface area contributed by atoms with Gasteiger partial charge in [-0.1, -0.05) is 6.42 Å². The highest BCUT2D eigenvalue weighted by atomic mass is 35.5. The molecule has 20 heavy (non-hydrogen) atoms. The van der Waals surface area contributed by atoms with Crippen molar-refractivity contribution in [3.63, 3.8) is 0 Å². The molecule has 1 aromatic rings. The second-order valence-electron chi connectivity index (χ2n) is 6.10. The largest absolute Gasteiger partial charge is 0.366 e. The maximum absolute atomic E-state index is 13.7. The lowest BCUT2D eigenvalue weighted by Crippen LogP contribution is -2.58. The first-order valence-corrected chi connectivity index (χ1v) is 8.07. The van der Waals surface area contributed by atoms with Crippen molar-refractivity contribution < 1.29 is 4.39 Å². The summed E-state index contributed by atoms with van der Waals surface area (Å²) in [5.41, 5.74) is 1.85. The lowest BCUT2D eigenvalue weighted by atomic mass is 9.96. The zero-order valence-corrected chi connectivity index (χ0v) is 12.7. The van der Waals surface area contributed by atoms with Gasteiger partial charge in [0, 0.05) is 36.7 Å². The average molecular weight is 297 g/mol. The summed E-state index contributed by atoms with van der Waals surface area (Å²) >= 11 is 5.86. The van der Waals surface area contributed by atoms with Crippen LogP contribution in [0.25, 0.3) is 0 Å². The van der Waals surface area contributed by atoms with Crippen LogP contribution in [0, 0.1) is 5.82 Å². The van der Waals surface area contributed by atoms with Gasteiger partial charge in [-0.15, -0.1) is 11.6 Å². The SMILES string of the molecule is CC1CN2CCCCC2CN1c1cc(F)cc(CCl)c1. The fourth-order valence-electron chi connectivity index (χ4n) is 3.59. The second kappa shape index (κ2) is 5.90. The maximum Gasteiger partial charge on any atom is 0.125 e. The van der Waals surface area contributed by atoms with Crippen LogP contribution in [0.15, 0.2) is 18.2 Å². The number of rotatable bonds is 2. The topological polar surface area (TPSA) is 6.48 Å². The van der Waals surface area contributed by atoms with E-state index in [0.29, 0.717) is 18.0 Å². The van der Waals surface area contributed by atoms with E-state index in [-0.39, 0.29) is 5.82 Å². The van der Waals surface area contributed by atoms with Crippen LogP contribution in [0.4, 0.5) is 10.1 Å². The van der Waals surface area contributed by atoms with E-state index >= 15 is 0 Å². The number of hydrogen-bond donors (Lipinski definition) is 0. The van der Waals surface area contributed by atoms with Gasteiger partial charge in [0.15, 0.2) is 0 Å². The Balaban J connectivity index is 1.83. The normalized spacial score (nSPS) is 27.4. The first-order chi connectivity index (χ1) is 9.67. The lowest BCUT2D eigenvalue weighted by Gasteiger charge is -2.48. The number of hydrogen-bond acceptors (Lipinski definition) is 2. The predicted octanol–water partition coefficient (Wildman–Crippen LogP) is 3.63. The minimum absolute atomic E-state index is 0.184. The Labute approximate surface area is 125 Å². The van der Waals surface area contributed by atoms with Gasteiger partial charge in [-0.05, 0) is 50.1 Å². The van der Waals surface area contributed by atoms with Gasteiger partial charge < -0.3 is 4.90 Å². The molecule has 110 valence electrons. The third-order valence-corrected chi connectivity index (χ3v) is 4.92. The van der Waals surface area contributed by atoms with E-state index in [1.165, 1.54) is 31.9 Å². The molecule has 0 bridgehead atoms. The Hall–Kier alpha value is -0.800. The Morgan fingerprint density at radius 1 is 1.25 bits per heavy atom. The molecule has 1 aromatic carbocycles. The van der Waals surface area contributed by atoms with Crippen LogP contribution in [0.5, 0.6) is 0 Å². The van der Waals surface area contributed by atoms with Crippen LogP contribution in [0.3, 0.4) is 0 Å². The van der Waals surface area contributed by atoms with Gasteiger partial charge in [0.05, 0.1) is 0 Å². The van der Waals surface area contributed by atoms with Crippen molar-refractivity contribution in [1.29, 1.82) is 0 Å². The summed E-state index contributed by atoms with van der Waals surface area (Å²) in [5, 5.41) is 0. The highest BCUT2D eigenvalue weighted by Crippen LogP contribution is 2.29. The quantitative estimate of drug-likeness (QED) is 0.769. The van der Waals surface area contributed by atoms with Crippen molar-refractivity contribution in [2.45, 2.75) is 44.1 Å². The molecule has 0 aliphatic carbocycles. The second-order valence-corrected chi connectivity index (χ2v) is 6.36. The monoisotopic (exact) mass is 296 g/mol. The molecule has 0 aromatic heterocycles. The molecular weight excluding hydrogens is 275 g/mol. The van der Waals surface area contributed by atoms with Crippen molar-refractivity contribution in [3.05, 3.63) is 29.6 Å². The van der Waals surface area contributed by atoms with Crippen LogP contribution in [0.2, 0.25) is 0 Å². The summed E-state index contributed by atoms with van der Waals surface area (Å²) in [5.74, 6) is 0.180. The smallest absolute Gasteiger partial charge is 0.125 e. The van der Waals surface area contributed by atoms with Crippen molar-refractivity contribution in [2.24, 2.45) is 0 Å². The van der Waals surface area contributed by atoms with E-state index in [1.54, 1.807) is 6.07 Å². The summed E-state index contributed by atoms with van der Waals surface area (Å²) in [7, 11) is 0. The van der Waals surface area contributed by atoms with E-state index in [9.17, 15) is 4.39 Å². The molecule has 0 saturated carbocycles. The molecule has 0 N–H and O–H groups in total. The van der Waals surface area contributed by atoms with E-state index in [0.717, 1.165) is 24.3 Å². The number of alkyl halides is 1. The third kappa shape index (κ3) is 2.79. The summed E-state index contributed by atoms with van der Waals surface area (Å²) in [6.07, 6.45) is 3.90. The fraction of sp³-hybridized carbons (Fsp3) is 0.625. The number of anilines is 1. The molecule has 2 unspecified atom stereocenters. The molecule has 2 aliphatic rings. The number of piperidine rings is 1. The molecule has 2 heterocycles.